The molecule has 1 unspecified atom stereocenters. The molecule has 0 aliphatic heterocycles. The van der Waals surface area contributed by atoms with Crippen molar-refractivity contribution in [2.75, 3.05) is 14.2 Å². The van der Waals surface area contributed by atoms with Crippen molar-refractivity contribution in [3.8, 4) is 5.75 Å². The van der Waals surface area contributed by atoms with Gasteiger partial charge in [0.05, 0.1) is 25.0 Å². The summed E-state index contributed by atoms with van der Waals surface area (Å²) in [6.45, 7) is 5.39. The van der Waals surface area contributed by atoms with Crippen LogP contribution in [0.1, 0.15) is 51.3 Å². The first-order chi connectivity index (χ1) is 8.66. The second-order valence-corrected chi connectivity index (χ2v) is 5.50. The average Bonchev–Trinajstić information content (AvgIpc) is 2.97. The molecule has 4 heteroatoms. The van der Waals surface area contributed by atoms with Gasteiger partial charge in [0.25, 0.3) is 0 Å². The minimum atomic E-state index is 0.314. The summed E-state index contributed by atoms with van der Waals surface area (Å²) in [6.07, 6.45) is 7.04. The SMILES string of the molecule is CCn1ncc(OC)c1C(NC)C1(C)CCCC1. The van der Waals surface area contributed by atoms with Crippen molar-refractivity contribution in [3.63, 3.8) is 0 Å². The summed E-state index contributed by atoms with van der Waals surface area (Å²) in [5.74, 6) is 0.907. The Morgan fingerprint density at radius 2 is 2.17 bits per heavy atom. The summed E-state index contributed by atoms with van der Waals surface area (Å²) in [5.41, 5.74) is 1.52. The van der Waals surface area contributed by atoms with Crippen LogP contribution in [0, 0.1) is 5.41 Å². The molecule has 102 valence electrons. The maximum Gasteiger partial charge on any atom is 0.161 e. The Kier molecular flexibility index (Phi) is 3.95. The summed E-state index contributed by atoms with van der Waals surface area (Å²) in [4.78, 5) is 0. The fourth-order valence-electron chi connectivity index (χ4n) is 3.36. The van der Waals surface area contributed by atoms with Gasteiger partial charge in [0, 0.05) is 6.54 Å². The monoisotopic (exact) mass is 251 g/mol. The molecule has 0 bridgehead atoms. The molecule has 1 aromatic rings. The zero-order chi connectivity index (χ0) is 13.2. The summed E-state index contributed by atoms with van der Waals surface area (Å²) in [7, 11) is 3.77. The summed E-state index contributed by atoms with van der Waals surface area (Å²) in [5, 5.41) is 7.92. The van der Waals surface area contributed by atoms with E-state index in [0.29, 0.717) is 11.5 Å². The van der Waals surface area contributed by atoms with Crippen LogP contribution in [-0.4, -0.2) is 23.9 Å². The van der Waals surface area contributed by atoms with Gasteiger partial charge in [0.1, 0.15) is 0 Å². The lowest BCUT2D eigenvalue weighted by Gasteiger charge is -2.34. The maximum absolute atomic E-state index is 5.49. The number of nitrogens with one attached hydrogen (secondary N) is 1. The molecular weight excluding hydrogens is 226 g/mol. The van der Waals surface area contributed by atoms with Crippen LogP contribution < -0.4 is 10.1 Å². The third kappa shape index (κ3) is 2.14. The highest BCUT2D eigenvalue weighted by atomic mass is 16.5. The molecule has 1 heterocycles. The number of aromatic nitrogens is 2. The lowest BCUT2D eigenvalue weighted by atomic mass is 9.79. The van der Waals surface area contributed by atoms with Crippen molar-refractivity contribution in [1.29, 1.82) is 0 Å². The minimum Gasteiger partial charge on any atom is -0.493 e. The predicted octanol–water partition coefficient (Wildman–Crippen LogP) is 2.75. The molecule has 4 nitrogen and oxygen atoms in total. The molecule has 1 fully saturated rings. The van der Waals surface area contributed by atoms with E-state index in [2.05, 4.69) is 28.9 Å². The van der Waals surface area contributed by atoms with Crippen LogP contribution in [0.3, 0.4) is 0 Å². The Balaban J connectivity index is 2.40. The average molecular weight is 251 g/mol. The van der Waals surface area contributed by atoms with E-state index in [1.54, 1.807) is 7.11 Å². The van der Waals surface area contributed by atoms with Crippen LogP contribution in [0.4, 0.5) is 0 Å². The van der Waals surface area contributed by atoms with Gasteiger partial charge in [-0.2, -0.15) is 5.10 Å². The van der Waals surface area contributed by atoms with Gasteiger partial charge in [-0.15, -0.1) is 0 Å². The van der Waals surface area contributed by atoms with Gasteiger partial charge in [-0.3, -0.25) is 4.68 Å². The fourth-order valence-corrected chi connectivity index (χ4v) is 3.36. The first kappa shape index (κ1) is 13.4. The lowest BCUT2D eigenvalue weighted by molar-refractivity contribution is 0.217. The highest BCUT2D eigenvalue weighted by Gasteiger charge is 2.40. The van der Waals surface area contributed by atoms with Gasteiger partial charge in [-0.25, -0.2) is 0 Å². The number of rotatable bonds is 5. The topological polar surface area (TPSA) is 39.1 Å². The van der Waals surface area contributed by atoms with E-state index in [1.165, 1.54) is 31.4 Å². The number of hydrogen-bond donors (Lipinski definition) is 1. The largest absolute Gasteiger partial charge is 0.493 e. The van der Waals surface area contributed by atoms with E-state index in [4.69, 9.17) is 4.74 Å². The molecule has 0 radical (unpaired) electrons. The smallest absolute Gasteiger partial charge is 0.161 e. The molecule has 1 aliphatic carbocycles. The fraction of sp³-hybridized carbons (Fsp3) is 0.786. The van der Waals surface area contributed by atoms with Crippen molar-refractivity contribution in [2.45, 2.75) is 52.1 Å². The third-order valence-electron chi connectivity index (χ3n) is 4.37. The highest BCUT2D eigenvalue weighted by molar-refractivity contribution is 5.30. The maximum atomic E-state index is 5.49. The highest BCUT2D eigenvalue weighted by Crippen LogP contribution is 2.48. The van der Waals surface area contributed by atoms with Crippen molar-refractivity contribution in [2.24, 2.45) is 5.41 Å². The zero-order valence-corrected chi connectivity index (χ0v) is 12.0. The quantitative estimate of drug-likeness (QED) is 0.874. The van der Waals surface area contributed by atoms with Crippen LogP contribution >= 0.6 is 0 Å². The normalized spacial score (nSPS) is 20.0. The summed E-state index contributed by atoms with van der Waals surface area (Å²) >= 11 is 0. The van der Waals surface area contributed by atoms with Crippen LogP contribution in [-0.2, 0) is 6.54 Å². The lowest BCUT2D eigenvalue weighted by Crippen LogP contribution is -2.34. The molecule has 2 rings (SSSR count). The van der Waals surface area contributed by atoms with E-state index in [1.807, 2.05) is 13.2 Å². The van der Waals surface area contributed by atoms with E-state index >= 15 is 0 Å². The molecule has 1 saturated carbocycles. The standard InChI is InChI=1S/C14H25N3O/c1-5-17-12(11(18-4)10-16-17)13(15-3)14(2)8-6-7-9-14/h10,13,15H,5-9H2,1-4H3. The molecular formula is C14H25N3O. The van der Waals surface area contributed by atoms with Gasteiger partial charge in [-0.05, 0) is 32.2 Å². The molecule has 1 aromatic heterocycles. The van der Waals surface area contributed by atoms with Crippen molar-refractivity contribution >= 4 is 0 Å². The van der Waals surface area contributed by atoms with Gasteiger partial charge in [0.2, 0.25) is 0 Å². The Bertz CT molecular complexity index is 372. The summed E-state index contributed by atoms with van der Waals surface area (Å²) < 4.78 is 7.55. The van der Waals surface area contributed by atoms with Crippen LogP contribution in [0.5, 0.6) is 5.75 Å². The number of ether oxygens (including phenoxy) is 1. The summed E-state index contributed by atoms with van der Waals surface area (Å²) in [6, 6.07) is 0.317. The number of nitrogens with zero attached hydrogens (tertiary/aromatic N) is 2. The predicted molar refractivity (Wildman–Crippen MR) is 72.8 cm³/mol. The Morgan fingerprint density at radius 3 is 2.67 bits per heavy atom. The molecule has 1 aliphatic rings. The molecule has 18 heavy (non-hydrogen) atoms. The van der Waals surface area contributed by atoms with E-state index in [-0.39, 0.29) is 0 Å². The molecule has 1 N–H and O–H groups in total. The second-order valence-electron chi connectivity index (χ2n) is 5.50. The number of hydrogen-bond acceptors (Lipinski definition) is 3. The van der Waals surface area contributed by atoms with Crippen LogP contribution in [0.25, 0.3) is 0 Å². The van der Waals surface area contributed by atoms with Crippen LogP contribution in [0.15, 0.2) is 6.20 Å². The third-order valence-corrected chi connectivity index (χ3v) is 4.37. The van der Waals surface area contributed by atoms with Gasteiger partial charge in [-0.1, -0.05) is 19.8 Å². The van der Waals surface area contributed by atoms with Gasteiger partial charge in [0.15, 0.2) is 5.75 Å². The van der Waals surface area contributed by atoms with E-state index in [9.17, 15) is 0 Å². The second kappa shape index (κ2) is 5.31. The van der Waals surface area contributed by atoms with Crippen molar-refractivity contribution in [1.82, 2.24) is 15.1 Å². The first-order valence-corrected chi connectivity index (χ1v) is 6.93. The first-order valence-electron chi connectivity index (χ1n) is 6.93. The molecule has 1 atom stereocenters. The van der Waals surface area contributed by atoms with Crippen LogP contribution in [0.2, 0.25) is 0 Å². The van der Waals surface area contributed by atoms with Crippen molar-refractivity contribution < 1.29 is 4.74 Å². The number of aryl methyl sites for hydroxylation is 1. The minimum absolute atomic E-state index is 0.314. The molecule has 0 saturated heterocycles. The molecule has 0 amide bonds. The van der Waals surface area contributed by atoms with Gasteiger partial charge < -0.3 is 10.1 Å². The van der Waals surface area contributed by atoms with E-state index < -0.39 is 0 Å². The van der Waals surface area contributed by atoms with E-state index in [0.717, 1.165) is 12.3 Å². The van der Waals surface area contributed by atoms with Gasteiger partial charge >= 0.3 is 0 Å². The Morgan fingerprint density at radius 1 is 1.50 bits per heavy atom. The number of methoxy groups -OCH3 is 1. The molecule has 0 aromatic carbocycles. The zero-order valence-electron chi connectivity index (χ0n) is 12.0. The Hall–Kier alpha value is -1.03. The molecule has 0 spiro atoms. The Labute approximate surface area is 110 Å². The van der Waals surface area contributed by atoms with Crippen molar-refractivity contribution in [3.05, 3.63) is 11.9 Å².